The van der Waals surface area contributed by atoms with Crippen LogP contribution in [0.1, 0.15) is 108 Å². The average molecular weight is 558 g/mol. The highest BCUT2D eigenvalue weighted by molar-refractivity contribution is 6.08. The lowest BCUT2D eigenvalue weighted by Gasteiger charge is -2.09. The SMILES string of the molecule is CCCCCCCCCCCCCCn1c2ccc(COC(=O)CC#N)cc2c2cc(COC(=O)CC#N)ccc21. The van der Waals surface area contributed by atoms with Gasteiger partial charge in [-0.1, -0.05) is 89.7 Å². The molecule has 0 aliphatic rings. The quantitative estimate of drug-likeness (QED) is 0.108. The first kappa shape index (κ1) is 31.7. The minimum Gasteiger partial charge on any atom is -0.460 e. The third kappa shape index (κ3) is 10.3. The lowest BCUT2D eigenvalue weighted by Crippen LogP contribution is -2.03. The number of hydrogen-bond donors (Lipinski definition) is 0. The minimum atomic E-state index is -0.538. The number of nitrogens with zero attached hydrogens (tertiary/aromatic N) is 3. The first-order chi connectivity index (χ1) is 20.1. The van der Waals surface area contributed by atoms with Crippen molar-refractivity contribution in [3.63, 3.8) is 0 Å². The zero-order valence-electron chi connectivity index (χ0n) is 24.5. The number of nitriles is 2. The molecule has 2 aromatic carbocycles. The summed E-state index contributed by atoms with van der Waals surface area (Å²) in [5.74, 6) is -1.08. The van der Waals surface area contributed by atoms with E-state index in [9.17, 15) is 9.59 Å². The number of ether oxygens (including phenoxy) is 2. The van der Waals surface area contributed by atoms with Gasteiger partial charge in [-0.3, -0.25) is 9.59 Å². The molecule has 0 aliphatic heterocycles. The second-order valence-electron chi connectivity index (χ2n) is 10.7. The smallest absolute Gasteiger partial charge is 0.320 e. The Balaban J connectivity index is 1.65. The van der Waals surface area contributed by atoms with E-state index in [1.807, 2.05) is 36.4 Å². The molecule has 41 heavy (non-hydrogen) atoms. The zero-order chi connectivity index (χ0) is 29.3. The van der Waals surface area contributed by atoms with Gasteiger partial charge in [0.05, 0.1) is 12.1 Å². The molecule has 0 N–H and O–H groups in total. The molecule has 0 fully saturated rings. The maximum atomic E-state index is 11.7. The van der Waals surface area contributed by atoms with Crippen LogP contribution in [-0.2, 0) is 38.8 Å². The van der Waals surface area contributed by atoms with Crippen LogP contribution in [0.4, 0.5) is 0 Å². The van der Waals surface area contributed by atoms with Crippen LogP contribution in [0.15, 0.2) is 36.4 Å². The van der Waals surface area contributed by atoms with Gasteiger partial charge < -0.3 is 14.0 Å². The standard InChI is InChI=1S/C34H43N3O4/c1-2-3-4-5-6-7-8-9-10-11-12-13-22-37-31-16-14-27(25-40-33(38)18-20-35)23-29(31)30-24-28(15-17-32(30)37)26-41-34(39)19-21-36/h14-17,23-24H,2-13,18-19,22,25-26H2,1H3. The van der Waals surface area contributed by atoms with Gasteiger partial charge in [0.15, 0.2) is 0 Å². The van der Waals surface area contributed by atoms with Gasteiger partial charge in [0.1, 0.15) is 26.1 Å². The summed E-state index contributed by atoms with van der Waals surface area (Å²) in [6, 6.07) is 15.7. The summed E-state index contributed by atoms with van der Waals surface area (Å²) < 4.78 is 12.8. The molecule has 3 rings (SSSR count). The van der Waals surface area contributed by atoms with Crippen LogP contribution in [0.3, 0.4) is 0 Å². The highest BCUT2D eigenvalue weighted by Crippen LogP contribution is 2.32. The van der Waals surface area contributed by atoms with Crippen molar-refractivity contribution in [1.82, 2.24) is 4.57 Å². The number of benzene rings is 2. The Morgan fingerprint density at radius 3 is 1.49 bits per heavy atom. The number of carbonyl (C=O) groups excluding carboxylic acids is 2. The topological polar surface area (TPSA) is 105 Å². The summed E-state index contributed by atoms with van der Waals surface area (Å²) in [6.07, 6.45) is 15.2. The molecule has 0 saturated heterocycles. The summed E-state index contributed by atoms with van der Waals surface area (Å²) in [7, 11) is 0. The molecule has 7 heteroatoms. The number of carbonyl (C=O) groups is 2. The van der Waals surface area contributed by atoms with Gasteiger partial charge >= 0.3 is 11.9 Å². The molecule has 0 spiro atoms. The largest absolute Gasteiger partial charge is 0.460 e. The van der Waals surface area contributed by atoms with Gasteiger partial charge in [0, 0.05) is 28.4 Å². The van der Waals surface area contributed by atoms with Crippen molar-refractivity contribution < 1.29 is 19.1 Å². The van der Waals surface area contributed by atoms with E-state index in [-0.39, 0.29) is 26.1 Å². The summed E-state index contributed by atoms with van der Waals surface area (Å²) in [6.45, 7) is 3.38. The number of unbranched alkanes of at least 4 members (excludes halogenated alkanes) is 11. The van der Waals surface area contributed by atoms with Crippen molar-refractivity contribution in [2.45, 2.75) is 117 Å². The molecule has 0 saturated carbocycles. The molecule has 0 bridgehead atoms. The molecule has 0 unspecified atom stereocenters. The van der Waals surface area contributed by atoms with E-state index in [0.29, 0.717) is 0 Å². The monoisotopic (exact) mass is 557 g/mol. The Bertz CT molecular complexity index is 1270. The molecule has 0 radical (unpaired) electrons. The third-order valence-electron chi connectivity index (χ3n) is 7.48. The van der Waals surface area contributed by atoms with Crippen molar-refractivity contribution in [3.8, 4) is 12.1 Å². The molecular formula is C34H43N3O4. The van der Waals surface area contributed by atoms with E-state index in [1.165, 1.54) is 70.6 Å². The predicted octanol–water partition coefficient (Wildman–Crippen LogP) is 8.41. The van der Waals surface area contributed by atoms with Gasteiger partial charge in [-0.25, -0.2) is 0 Å². The maximum absolute atomic E-state index is 11.7. The fraction of sp³-hybridized carbons (Fsp3) is 0.529. The Labute approximate surface area is 244 Å². The van der Waals surface area contributed by atoms with E-state index >= 15 is 0 Å². The molecule has 0 amide bonds. The van der Waals surface area contributed by atoms with Crippen molar-refractivity contribution >= 4 is 33.7 Å². The molecule has 218 valence electrons. The lowest BCUT2D eigenvalue weighted by molar-refractivity contribution is -0.144. The highest BCUT2D eigenvalue weighted by Gasteiger charge is 2.14. The van der Waals surface area contributed by atoms with E-state index in [1.54, 1.807) is 0 Å². The average Bonchev–Trinajstić information content (AvgIpc) is 3.28. The Kier molecular flexibility index (Phi) is 13.7. The van der Waals surface area contributed by atoms with Gasteiger partial charge in [0.25, 0.3) is 0 Å². The second-order valence-corrected chi connectivity index (χ2v) is 10.7. The molecule has 0 atom stereocenters. The van der Waals surface area contributed by atoms with E-state index in [2.05, 4.69) is 23.6 Å². The van der Waals surface area contributed by atoms with Crippen LogP contribution in [0.25, 0.3) is 21.8 Å². The van der Waals surface area contributed by atoms with Crippen molar-refractivity contribution in [2.75, 3.05) is 0 Å². The van der Waals surface area contributed by atoms with Gasteiger partial charge in [-0.2, -0.15) is 10.5 Å². The van der Waals surface area contributed by atoms with Crippen molar-refractivity contribution in [2.24, 2.45) is 0 Å². The summed E-state index contributed by atoms with van der Waals surface area (Å²) >= 11 is 0. The van der Waals surface area contributed by atoms with Gasteiger partial charge in [-0.05, 0) is 41.8 Å². The highest BCUT2D eigenvalue weighted by atomic mass is 16.5. The normalized spacial score (nSPS) is 10.9. The minimum absolute atomic E-state index is 0.104. The van der Waals surface area contributed by atoms with E-state index < -0.39 is 11.9 Å². The van der Waals surface area contributed by atoms with Crippen LogP contribution >= 0.6 is 0 Å². The van der Waals surface area contributed by atoms with Gasteiger partial charge in [-0.15, -0.1) is 0 Å². The molecule has 1 aromatic heterocycles. The summed E-state index contributed by atoms with van der Waals surface area (Å²) in [5.41, 5.74) is 3.90. The molecular weight excluding hydrogens is 514 g/mol. The predicted molar refractivity (Wildman–Crippen MR) is 161 cm³/mol. The molecule has 1 heterocycles. The number of aromatic nitrogens is 1. The Morgan fingerprint density at radius 1 is 0.659 bits per heavy atom. The zero-order valence-corrected chi connectivity index (χ0v) is 24.5. The Morgan fingerprint density at radius 2 is 1.07 bits per heavy atom. The third-order valence-corrected chi connectivity index (χ3v) is 7.48. The van der Waals surface area contributed by atoms with Crippen LogP contribution in [0.2, 0.25) is 0 Å². The fourth-order valence-electron chi connectivity index (χ4n) is 5.29. The van der Waals surface area contributed by atoms with Crippen LogP contribution in [0, 0.1) is 22.7 Å². The lowest BCUT2D eigenvalue weighted by atomic mass is 10.1. The number of hydrogen-bond acceptors (Lipinski definition) is 6. The number of rotatable bonds is 19. The summed E-state index contributed by atoms with van der Waals surface area (Å²) in [5, 5.41) is 19.5. The molecule has 7 nitrogen and oxygen atoms in total. The Hall–Kier alpha value is -3.84. The van der Waals surface area contributed by atoms with Crippen LogP contribution in [0.5, 0.6) is 0 Å². The van der Waals surface area contributed by atoms with E-state index in [4.69, 9.17) is 20.0 Å². The van der Waals surface area contributed by atoms with Crippen molar-refractivity contribution in [3.05, 3.63) is 47.5 Å². The number of aryl methyl sites for hydroxylation is 1. The number of esters is 2. The molecule has 0 aliphatic carbocycles. The van der Waals surface area contributed by atoms with Crippen LogP contribution < -0.4 is 0 Å². The number of fused-ring (bicyclic) bond motifs is 3. The van der Waals surface area contributed by atoms with E-state index in [0.717, 1.165) is 45.9 Å². The second kappa shape index (κ2) is 17.8. The van der Waals surface area contributed by atoms with Gasteiger partial charge in [0.2, 0.25) is 0 Å². The first-order valence-electron chi connectivity index (χ1n) is 15.2. The van der Waals surface area contributed by atoms with Crippen molar-refractivity contribution in [1.29, 1.82) is 10.5 Å². The first-order valence-corrected chi connectivity index (χ1v) is 15.2. The fourth-order valence-corrected chi connectivity index (χ4v) is 5.29. The maximum Gasteiger partial charge on any atom is 0.320 e. The summed E-state index contributed by atoms with van der Waals surface area (Å²) in [4.78, 5) is 23.4. The molecule has 3 aromatic rings. The van der Waals surface area contributed by atoms with Crippen LogP contribution in [-0.4, -0.2) is 16.5 Å².